The van der Waals surface area contributed by atoms with Crippen LogP contribution in [-0.4, -0.2) is 98.3 Å². The molecular formula is C40H65O13P. The fourth-order valence-electron chi connectivity index (χ4n) is 5.25. The van der Waals surface area contributed by atoms with E-state index < -0.39 is 75.7 Å². The van der Waals surface area contributed by atoms with Gasteiger partial charge < -0.3 is 39.9 Å². The minimum absolute atomic E-state index is 0.00499. The number of ether oxygens (including phenoxy) is 2. The fourth-order valence-corrected chi connectivity index (χ4v) is 6.22. The van der Waals surface area contributed by atoms with Crippen molar-refractivity contribution in [1.29, 1.82) is 0 Å². The highest BCUT2D eigenvalue weighted by atomic mass is 31.2. The molecule has 14 heteroatoms. The number of unbranched alkanes of at least 4 members (excludes halogenated alkanes) is 9. The minimum Gasteiger partial charge on any atom is -0.462 e. The average Bonchev–Trinajstić information content (AvgIpc) is 3.15. The maximum absolute atomic E-state index is 12.7. The zero-order valence-electron chi connectivity index (χ0n) is 32.0. The van der Waals surface area contributed by atoms with Crippen LogP contribution in [0, 0.1) is 0 Å². The number of carbonyl (C=O) groups is 2. The summed E-state index contributed by atoms with van der Waals surface area (Å²) in [6.07, 6.45) is 22.8. The summed E-state index contributed by atoms with van der Waals surface area (Å²) in [5, 5.41) is 49.9. The van der Waals surface area contributed by atoms with Gasteiger partial charge in [0, 0.05) is 12.8 Å². The van der Waals surface area contributed by atoms with E-state index >= 15 is 0 Å². The van der Waals surface area contributed by atoms with E-state index in [4.69, 9.17) is 18.5 Å². The molecule has 1 saturated carbocycles. The third-order valence-corrected chi connectivity index (χ3v) is 9.39. The summed E-state index contributed by atoms with van der Waals surface area (Å²) in [4.78, 5) is 35.4. The van der Waals surface area contributed by atoms with E-state index in [1.54, 1.807) is 0 Å². The molecule has 0 radical (unpaired) electrons. The van der Waals surface area contributed by atoms with Gasteiger partial charge in [0.05, 0.1) is 6.61 Å². The molecule has 0 aromatic rings. The number of phosphoric ester groups is 1. The molecule has 1 aliphatic carbocycles. The lowest BCUT2D eigenvalue weighted by molar-refractivity contribution is -0.220. The van der Waals surface area contributed by atoms with Crippen LogP contribution in [0.2, 0.25) is 0 Å². The van der Waals surface area contributed by atoms with Gasteiger partial charge in [-0.05, 0) is 51.4 Å². The summed E-state index contributed by atoms with van der Waals surface area (Å²) in [6.45, 7) is 3.01. The van der Waals surface area contributed by atoms with Crippen molar-refractivity contribution in [2.45, 2.75) is 153 Å². The van der Waals surface area contributed by atoms with Gasteiger partial charge in [-0.15, -0.1) is 0 Å². The van der Waals surface area contributed by atoms with E-state index in [9.17, 15) is 44.6 Å². The van der Waals surface area contributed by atoms with Gasteiger partial charge in [0.1, 0.15) is 43.2 Å². The highest BCUT2D eigenvalue weighted by molar-refractivity contribution is 7.47. The maximum Gasteiger partial charge on any atom is 0.472 e. The molecule has 0 spiro atoms. The van der Waals surface area contributed by atoms with E-state index in [0.29, 0.717) is 19.3 Å². The van der Waals surface area contributed by atoms with Crippen molar-refractivity contribution in [3.8, 4) is 0 Å². The number of esters is 2. The molecule has 0 bridgehead atoms. The van der Waals surface area contributed by atoms with Crippen molar-refractivity contribution in [3.63, 3.8) is 0 Å². The summed E-state index contributed by atoms with van der Waals surface area (Å²) >= 11 is 0. The lowest BCUT2D eigenvalue weighted by Gasteiger charge is -2.41. The molecule has 1 aliphatic rings. The number of rotatable bonds is 29. The molecule has 0 aromatic heterocycles. The van der Waals surface area contributed by atoms with Crippen molar-refractivity contribution in [3.05, 3.63) is 72.9 Å². The van der Waals surface area contributed by atoms with Crippen molar-refractivity contribution in [1.82, 2.24) is 0 Å². The van der Waals surface area contributed by atoms with E-state index in [2.05, 4.69) is 32.1 Å². The number of phosphoric acid groups is 1. The quantitative estimate of drug-likeness (QED) is 0.0170. The number of carbonyl (C=O) groups excluding carboxylic acids is 2. The highest BCUT2D eigenvalue weighted by Crippen LogP contribution is 2.47. The molecule has 0 saturated heterocycles. The number of aliphatic hydroxyl groups excluding tert-OH is 5. The molecule has 13 nitrogen and oxygen atoms in total. The monoisotopic (exact) mass is 784 g/mol. The van der Waals surface area contributed by atoms with Gasteiger partial charge in [-0.25, -0.2) is 4.57 Å². The SMILES string of the molecule is CC/C=C/C=C/C=C/C=C/C=C/CCCC(=O)OC(COC(=O)CCCCCCC/C=C/CCCCC)COP(=O)(O)OC1C(O)C(O)C(O)[C@@H](O)C1O. The number of hydrogen-bond donors (Lipinski definition) is 6. The lowest BCUT2D eigenvalue weighted by Crippen LogP contribution is -2.64. The Morgan fingerprint density at radius 3 is 1.70 bits per heavy atom. The smallest absolute Gasteiger partial charge is 0.462 e. The van der Waals surface area contributed by atoms with Crippen molar-refractivity contribution >= 4 is 19.8 Å². The van der Waals surface area contributed by atoms with Crippen LogP contribution in [0.25, 0.3) is 0 Å². The molecule has 1 fully saturated rings. The van der Waals surface area contributed by atoms with E-state index in [-0.39, 0.29) is 12.8 Å². The Kier molecular flexibility index (Phi) is 27.9. The molecule has 0 aliphatic heterocycles. The molecule has 6 N–H and O–H groups in total. The molecule has 0 amide bonds. The van der Waals surface area contributed by atoms with Gasteiger partial charge in [-0.2, -0.15) is 0 Å². The first-order chi connectivity index (χ1) is 25.9. The third-order valence-electron chi connectivity index (χ3n) is 8.41. The second-order valence-corrected chi connectivity index (χ2v) is 14.6. The van der Waals surface area contributed by atoms with Crippen molar-refractivity contribution < 1.29 is 63.1 Å². The highest BCUT2D eigenvalue weighted by Gasteiger charge is 2.51. The van der Waals surface area contributed by atoms with Crippen LogP contribution in [0.1, 0.15) is 110 Å². The molecule has 308 valence electrons. The zero-order valence-corrected chi connectivity index (χ0v) is 32.9. The van der Waals surface area contributed by atoms with Crippen molar-refractivity contribution in [2.24, 2.45) is 0 Å². The summed E-state index contributed by atoms with van der Waals surface area (Å²) in [5.41, 5.74) is 0. The molecule has 0 aromatic carbocycles. The molecule has 8 atom stereocenters. The van der Waals surface area contributed by atoms with Crippen LogP contribution in [0.4, 0.5) is 0 Å². The van der Waals surface area contributed by atoms with E-state index in [1.807, 2.05) is 54.7 Å². The second kappa shape index (κ2) is 30.5. The third kappa shape index (κ3) is 23.3. The Labute approximate surface area is 321 Å². The van der Waals surface area contributed by atoms with Crippen LogP contribution in [0.15, 0.2) is 72.9 Å². The zero-order chi connectivity index (χ0) is 40.0. The molecule has 7 unspecified atom stereocenters. The number of hydrogen-bond acceptors (Lipinski definition) is 12. The standard InChI is InChI=1S/C40H65O13P/c1-3-5-7-9-11-13-15-17-19-21-23-25-27-29-34(42)52-32(30-50-33(41)28-26-24-22-20-18-16-14-12-10-8-6-4-2)31-51-54(48,49)53-40-38(46)36(44)35(43)37(45)39(40)47/h5,7,9,11-15,17,19,21,23,32,35-40,43-47H,3-4,6,8,10,16,18,20,22,24-31H2,1-2H3,(H,48,49)/b7-5+,11-9+,14-12+,15-13+,19-17+,23-21+/t32?,35?,36-,37?,38?,39?,40?/m1/s1. The summed E-state index contributed by atoms with van der Waals surface area (Å²) in [5.74, 6) is -1.21. The van der Waals surface area contributed by atoms with E-state index in [0.717, 1.165) is 44.9 Å². The Balaban J connectivity index is 2.62. The number of aliphatic hydroxyl groups is 5. The first-order valence-corrected chi connectivity index (χ1v) is 20.8. The second-order valence-electron chi connectivity index (χ2n) is 13.2. The Hall–Kier alpha value is -2.71. The van der Waals surface area contributed by atoms with Crippen LogP contribution >= 0.6 is 7.82 Å². The minimum atomic E-state index is -5.13. The summed E-state index contributed by atoms with van der Waals surface area (Å²) in [6, 6.07) is 0. The van der Waals surface area contributed by atoms with Crippen molar-refractivity contribution in [2.75, 3.05) is 13.2 Å². The number of allylic oxidation sites excluding steroid dienone is 12. The predicted molar refractivity (Wildman–Crippen MR) is 207 cm³/mol. The average molecular weight is 785 g/mol. The molecule has 54 heavy (non-hydrogen) atoms. The van der Waals surface area contributed by atoms with E-state index in [1.165, 1.54) is 19.3 Å². The Bertz CT molecular complexity index is 1230. The first-order valence-electron chi connectivity index (χ1n) is 19.3. The van der Waals surface area contributed by atoms with Crippen LogP contribution < -0.4 is 0 Å². The summed E-state index contributed by atoms with van der Waals surface area (Å²) in [7, 11) is -5.13. The van der Waals surface area contributed by atoms with Gasteiger partial charge in [0.25, 0.3) is 0 Å². The Morgan fingerprint density at radius 2 is 1.09 bits per heavy atom. The largest absolute Gasteiger partial charge is 0.472 e. The van der Waals surface area contributed by atoms with Crippen LogP contribution in [0.3, 0.4) is 0 Å². The maximum atomic E-state index is 12.7. The Morgan fingerprint density at radius 1 is 0.593 bits per heavy atom. The molecule has 0 heterocycles. The van der Waals surface area contributed by atoms with Gasteiger partial charge >= 0.3 is 19.8 Å². The normalized spacial score (nSPS) is 24.1. The fraction of sp³-hybridized carbons (Fsp3) is 0.650. The summed E-state index contributed by atoms with van der Waals surface area (Å²) < 4.78 is 33.2. The molecular weight excluding hydrogens is 719 g/mol. The van der Waals surface area contributed by atoms with Gasteiger partial charge in [0.2, 0.25) is 0 Å². The predicted octanol–water partition coefficient (Wildman–Crippen LogP) is 5.99. The van der Waals surface area contributed by atoms with Crippen LogP contribution in [0.5, 0.6) is 0 Å². The van der Waals surface area contributed by atoms with Gasteiger partial charge in [-0.1, -0.05) is 119 Å². The molecule has 1 rings (SSSR count). The van der Waals surface area contributed by atoms with Gasteiger partial charge in [0.15, 0.2) is 6.10 Å². The van der Waals surface area contributed by atoms with Gasteiger partial charge in [-0.3, -0.25) is 18.6 Å². The lowest BCUT2D eigenvalue weighted by atomic mass is 9.85. The first kappa shape index (κ1) is 49.3. The topological polar surface area (TPSA) is 210 Å². The van der Waals surface area contributed by atoms with Crippen LogP contribution in [-0.2, 0) is 32.7 Å².